The van der Waals surface area contributed by atoms with Crippen molar-refractivity contribution in [1.29, 1.82) is 0 Å². The van der Waals surface area contributed by atoms with Gasteiger partial charge in [-0.25, -0.2) is 0 Å². The molecule has 2 aliphatic rings. The molecule has 604 valence electrons. The third-order valence-corrected chi connectivity index (χ3v) is 38.0. The Balaban J connectivity index is 0.599. The highest BCUT2D eigenvalue weighted by Gasteiger charge is 2.58. The second-order valence-corrected chi connectivity index (χ2v) is 43.2. The van der Waals surface area contributed by atoms with Crippen molar-refractivity contribution in [1.82, 2.24) is 18.3 Å². The van der Waals surface area contributed by atoms with Crippen LogP contribution in [0.15, 0.2) is 432 Å². The fraction of sp³-hybridized carbons (Fsp3) is 0. The molecule has 0 aliphatic carbocycles. The maximum Gasteiger partial charge on any atom is 0.0555 e. The molecule has 0 saturated heterocycles. The number of hydrogen-bond acceptors (Lipinski definition) is 5. The lowest BCUT2D eigenvalue weighted by molar-refractivity contribution is 0.658. The summed E-state index contributed by atoms with van der Waals surface area (Å²) in [4.78, 5) is 3.29. The largest absolute Gasteiger partial charge is 0.309 e. The van der Waals surface area contributed by atoms with Gasteiger partial charge in [0, 0.05) is 175 Å². The molecule has 10 heterocycles. The Morgan fingerprint density at radius 2 is 0.354 bits per heavy atom. The zero-order valence-electron chi connectivity index (χ0n) is 69.5. The van der Waals surface area contributed by atoms with Gasteiger partial charge >= 0.3 is 0 Å². The first-order valence-electron chi connectivity index (χ1n) is 44.3. The van der Waals surface area contributed by atoms with Gasteiger partial charge in [-0.15, -0.1) is 45.3 Å². The molecule has 0 bridgehead atoms. The predicted octanol–water partition coefficient (Wildman–Crippen LogP) is 34.5. The Hall–Kier alpha value is -15.4. The van der Waals surface area contributed by atoms with Gasteiger partial charge in [-0.2, -0.15) is 0 Å². The summed E-state index contributed by atoms with van der Waals surface area (Å²) in [5.74, 6) is 0. The average Bonchev–Trinajstić information content (AvgIpc) is 1.46. The van der Waals surface area contributed by atoms with Crippen LogP contribution < -0.4 is 0 Å². The summed E-state index contributed by atoms with van der Waals surface area (Å²) in [6.07, 6.45) is 0. The molecular formula is C120H68N4OS5. The maximum atomic E-state index is 19.6. The minimum Gasteiger partial charge on any atom is -0.309 e. The van der Waals surface area contributed by atoms with E-state index in [-0.39, 0.29) is 0 Å². The van der Waals surface area contributed by atoms with Crippen molar-refractivity contribution in [2.75, 3.05) is 0 Å². The van der Waals surface area contributed by atoms with Gasteiger partial charge in [0.25, 0.3) is 0 Å². The monoisotopic (exact) mass is 1740 g/mol. The van der Waals surface area contributed by atoms with Crippen molar-refractivity contribution in [3.63, 3.8) is 0 Å². The Kier molecular flexibility index (Phi) is 14.5. The summed E-state index contributed by atoms with van der Waals surface area (Å²) in [6, 6.07) is 154. The number of hydrogen-bond donors (Lipinski definition) is 0. The number of rotatable bonds is 8. The average molecular weight is 1740 g/mol. The van der Waals surface area contributed by atoms with Crippen LogP contribution in [0.2, 0.25) is 0 Å². The molecule has 28 aromatic rings. The lowest BCUT2D eigenvalue weighted by Crippen LogP contribution is -2.30. The molecule has 8 aromatic heterocycles. The van der Waals surface area contributed by atoms with Crippen LogP contribution in [0, 0.1) is 0 Å². The summed E-state index contributed by atoms with van der Waals surface area (Å²) in [7, 11) is -4.56. The fourth-order valence-corrected chi connectivity index (χ4v) is 32.4. The Morgan fingerprint density at radius 1 is 0.154 bits per heavy atom. The molecule has 130 heavy (non-hydrogen) atoms. The Labute approximate surface area is 760 Å². The highest BCUT2D eigenvalue weighted by Crippen LogP contribution is 2.72. The molecule has 0 atom stereocenters. The third kappa shape index (κ3) is 9.69. The van der Waals surface area contributed by atoms with Gasteiger partial charge in [0.15, 0.2) is 0 Å². The summed E-state index contributed by atoms with van der Waals surface area (Å²) in [5.41, 5.74) is 26.1. The van der Waals surface area contributed by atoms with E-state index in [1.165, 1.54) is 168 Å². The number of para-hydroxylation sites is 4. The Morgan fingerprint density at radius 3 is 0.585 bits per heavy atom. The standard InChI is InChI=1S/C120H68N4OS5/c125-130(117-53-41-73(69-33-45-77(46-34-69)121-101-25-9-1-17-81(101)89-61-93-85-21-5-13-29-109(85)126-113(93)65-105(89)121)57-97(117)98-58-74(42-54-118(98)130)70-35-47-78(48-36-70)122-102-26-10-2-18-82(102)90-62-94-86-22-6-14-30-110(86)127-114(94)66-106(90)122)119-55-43-75(71-37-49-79(50-38-71)123-103-27-11-3-19-83(103)91-63-95-87-23-7-15-31-111(87)128-115(95)67-107(91)123)59-99(119)100-60-76(44-56-120(100)130)72-39-51-80(52-40-72)124-104-28-12-4-20-84(104)92-64-96-88-24-8-16-32-112(88)129-116(96)68-108(92)124/h1-68H. The van der Waals surface area contributed by atoms with E-state index in [4.69, 9.17) is 0 Å². The van der Waals surface area contributed by atoms with Gasteiger partial charge in [-0.3, -0.25) is 4.21 Å². The van der Waals surface area contributed by atoms with Crippen molar-refractivity contribution < 1.29 is 4.21 Å². The zero-order valence-corrected chi connectivity index (χ0v) is 73.6. The van der Waals surface area contributed by atoms with E-state index in [0.717, 1.165) is 109 Å². The predicted molar refractivity (Wildman–Crippen MR) is 556 cm³/mol. The highest BCUT2D eigenvalue weighted by molar-refractivity contribution is 8.21. The van der Waals surface area contributed by atoms with Crippen molar-refractivity contribution in [2.24, 2.45) is 0 Å². The lowest BCUT2D eigenvalue weighted by atomic mass is 9.96. The van der Waals surface area contributed by atoms with Crippen LogP contribution in [0.1, 0.15) is 0 Å². The Bertz CT molecular complexity index is 8870. The first kappa shape index (κ1) is 71.7. The number of benzene rings is 20. The van der Waals surface area contributed by atoms with E-state index in [2.05, 4.69) is 431 Å². The van der Waals surface area contributed by atoms with Crippen LogP contribution in [0.5, 0.6) is 0 Å². The molecule has 0 fully saturated rings. The number of fused-ring (bicyclic) bond motifs is 34. The summed E-state index contributed by atoms with van der Waals surface area (Å²) in [5, 5.41) is 20.2. The van der Waals surface area contributed by atoms with Crippen molar-refractivity contribution >= 4 is 222 Å². The third-order valence-electron chi connectivity index (χ3n) is 28.7. The molecule has 30 rings (SSSR count). The van der Waals surface area contributed by atoms with Gasteiger partial charge in [-0.05, 0) is 261 Å². The second-order valence-electron chi connectivity index (χ2n) is 35.2. The van der Waals surface area contributed by atoms with E-state index in [9.17, 15) is 0 Å². The molecule has 2 aliphatic heterocycles. The molecule has 5 nitrogen and oxygen atoms in total. The van der Waals surface area contributed by atoms with Gasteiger partial charge in [0.2, 0.25) is 0 Å². The van der Waals surface area contributed by atoms with Crippen LogP contribution in [-0.4, -0.2) is 22.5 Å². The molecule has 0 radical (unpaired) electrons. The smallest absolute Gasteiger partial charge is 0.0555 e. The van der Waals surface area contributed by atoms with E-state index in [1.807, 2.05) is 45.3 Å². The van der Waals surface area contributed by atoms with E-state index in [0.29, 0.717) is 0 Å². The molecular weight excluding hydrogens is 1670 g/mol. The molecule has 0 amide bonds. The minimum atomic E-state index is -4.56. The van der Waals surface area contributed by atoms with Gasteiger partial charge in [0.1, 0.15) is 0 Å². The van der Waals surface area contributed by atoms with Crippen molar-refractivity contribution in [2.45, 2.75) is 19.6 Å². The maximum absolute atomic E-state index is 19.6. The van der Waals surface area contributed by atoms with Crippen LogP contribution >= 0.6 is 45.3 Å². The minimum absolute atomic E-state index is 0.823. The van der Waals surface area contributed by atoms with Crippen LogP contribution in [-0.2, 0) is 9.07 Å². The molecule has 0 unspecified atom stereocenters. The van der Waals surface area contributed by atoms with Crippen molar-refractivity contribution in [3.05, 3.63) is 413 Å². The molecule has 0 saturated carbocycles. The van der Waals surface area contributed by atoms with Crippen LogP contribution in [0.3, 0.4) is 0 Å². The van der Waals surface area contributed by atoms with Crippen LogP contribution in [0.25, 0.3) is 257 Å². The number of thiophene rings is 4. The molecule has 1 spiro atoms. The number of aromatic nitrogens is 4. The van der Waals surface area contributed by atoms with Crippen LogP contribution in [0.4, 0.5) is 0 Å². The summed E-state index contributed by atoms with van der Waals surface area (Å²) in [6.45, 7) is 0. The van der Waals surface area contributed by atoms with Gasteiger partial charge in [0.05, 0.1) is 44.1 Å². The normalized spacial score (nSPS) is 13.7. The molecule has 20 aromatic carbocycles. The van der Waals surface area contributed by atoms with E-state index < -0.39 is 9.07 Å². The second kappa shape index (κ2) is 26.2. The SMILES string of the molecule is O=S12(c3ccc(-c4ccc(-n5c6ccccc6c6cc7c(cc65)sc5ccccc57)cc4)cc3-c3cc(-c4ccc(-n5c6ccccc6c6cc7c(cc65)sc5ccccc57)cc4)ccc31)c1ccc(-c3ccc(-n4c5ccccc5c5cc6c(cc54)sc4ccccc46)cc3)cc1-c1cc(-c3ccc(-n4c5ccccc5c5cc6c(cc54)sc4ccccc46)cc3)ccc12. The first-order valence-corrected chi connectivity index (χ1v) is 49.5. The highest BCUT2D eigenvalue weighted by atomic mass is 32.3. The zero-order chi connectivity index (χ0) is 84.7. The molecule has 10 heteroatoms. The van der Waals surface area contributed by atoms with E-state index >= 15 is 4.21 Å². The summed E-state index contributed by atoms with van der Waals surface area (Å²) >= 11 is 7.44. The molecule has 0 N–H and O–H groups in total. The summed E-state index contributed by atoms with van der Waals surface area (Å²) < 4.78 is 39.6. The first-order chi connectivity index (χ1) is 64.2. The fourth-order valence-electron chi connectivity index (χ4n) is 22.8. The lowest BCUT2D eigenvalue weighted by Gasteiger charge is -2.39. The van der Waals surface area contributed by atoms with Crippen molar-refractivity contribution in [3.8, 4) is 89.5 Å². The number of nitrogens with zero attached hydrogens (tertiary/aromatic N) is 4. The quantitative estimate of drug-likeness (QED) is 0.149. The van der Waals surface area contributed by atoms with E-state index in [1.54, 1.807) is 0 Å². The topological polar surface area (TPSA) is 36.8 Å². The van der Waals surface area contributed by atoms with Gasteiger partial charge < -0.3 is 18.3 Å². The van der Waals surface area contributed by atoms with Gasteiger partial charge in [-0.1, -0.05) is 218 Å².